The fourth-order valence-corrected chi connectivity index (χ4v) is 2.88. The van der Waals surface area contributed by atoms with E-state index in [2.05, 4.69) is 20.9 Å². The summed E-state index contributed by atoms with van der Waals surface area (Å²) in [4.78, 5) is 16.6. The van der Waals surface area contributed by atoms with Crippen molar-refractivity contribution in [3.05, 3.63) is 35.1 Å². The largest absolute Gasteiger partial charge is 0.379 e. The van der Waals surface area contributed by atoms with Gasteiger partial charge in [0.1, 0.15) is 5.82 Å². The second kappa shape index (κ2) is 13.1. The predicted octanol–water partition coefficient (Wildman–Crippen LogP) is 2.00. The number of ether oxygens (including phenoxy) is 2. The van der Waals surface area contributed by atoms with Crippen LogP contribution in [0.15, 0.2) is 23.2 Å². The topological polar surface area (TPSA) is 84.0 Å². The van der Waals surface area contributed by atoms with Gasteiger partial charge in [-0.05, 0) is 50.8 Å². The van der Waals surface area contributed by atoms with Crippen molar-refractivity contribution in [1.82, 2.24) is 16.0 Å². The molecule has 1 aliphatic rings. The van der Waals surface area contributed by atoms with E-state index in [1.165, 1.54) is 6.07 Å². The molecule has 1 aliphatic heterocycles. The molecule has 0 spiro atoms. The Morgan fingerprint density at radius 2 is 2.14 bits per heavy atom. The van der Waals surface area contributed by atoms with Crippen molar-refractivity contribution < 1.29 is 18.7 Å². The maximum absolute atomic E-state index is 13.6. The lowest BCUT2D eigenvalue weighted by molar-refractivity contribution is 0.0171. The van der Waals surface area contributed by atoms with E-state index in [0.29, 0.717) is 49.9 Å². The Hall–Kier alpha value is -2.19. The zero-order valence-corrected chi connectivity index (χ0v) is 17.4. The summed E-state index contributed by atoms with van der Waals surface area (Å²) in [6, 6.07) is 4.47. The molecule has 0 aliphatic carbocycles. The van der Waals surface area contributed by atoms with Crippen molar-refractivity contribution >= 4 is 11.9 Å². The van der Waals surface area contributed by atoms with Gasteiger partial charge in [0, 0.05) is 45.0 Å². The van der Waals surface area contributed by atoms with Gasteiger partial charge in [0.15, 0.2) is 5.96 Å². The third kappa shape index (κ3) is 8.79. The van der Waals surface area contributed by atoms with E-state index in [1.807, 2.05) is 6.92 Å². The first kappa shape index (κ1) is 23.1. The zero-order chi connectivity index (χ0) is 20.9. The molecule has 0 aromatic heterocycles. The number of carbonyl (C=O) groups excluding carboxylic acids is 1. The van der Waals surface area contributed by atoms with Crippen molar-refractivity contribution in [3.63, 3.8) is 0 Å². The van der Waals surface area contributed by atoms with Crippen LogP contribution in [0, 0.1) is 12.7 Å². The number of aryl methyl sites for hydroxylation is 1. The molecular formula is C21H33FN4O3. The van der Waals surface area contributed by atoms with E-state index >= 15 is 0 Å². The highest BCUT2D eigenvalue weighted by atomic mass is 19.1. The Bertz CT molecular complexity index is 663. The molecule has 7 nitrogen and oxygen atoms in total. The van der Waals surface area contributed by atoms with Gasteiger partial charge in [0.05, 0.1) is 12.7 Å². The van der Waals surface area contributed by atoms with Crippen LogP contribution in [-0.4, -0.2) is 64.0 Å². The standard InChI is InChI=1S/C21H33FN4O3/c1-3-23-21(25-9-5-12-28-15-18-6-4-13-29-18)26-11-10-24-20(27)17-8-7-16(2)19(22)14-17/h7-8,14,18H,3-6,9-13,15H2,1-2H3,(H,24,27)(H2,23,25,26). The number of benzene rings is 1. The Balaban J connectivity index is 1.61. The van der Waals surface area contributed by atoms with Crippen LogP contribution < -0.4 is 16.0 Å². The Labute approximate surface area is 172 Å². The highest BCUT2D eigenvalue weighted by molar-refractivity contribution is 5.94. The number of hydrogen-bond acceptors (Lipinski definition) is 4. The molecule has 1 saturated heterocycles. The van der Waals surface area contributed by atoms with Gasteiger partial charge in [-0.2, -0.15) is 0 Å². The summed E-state index contributed by atoms with van der Waals surface area (Å²) < 4.78 is 24.7. The SMILES string of the molecule is CCNC(=NCCCOCC1CCCO1)NCCNC(=O)c1ccc(C)c(F)c1. The number of aliphatic imine (C=N–C) groups is 1. The molecule has 3 N–H and O–H groups in total. The van der Waals surface area contributed by atoms with Gasteiger partial charge in [-0.3, -0.25) is 9.79 Å². The molecule has 1 heterocycles. The summed E-state index contributed by atoms with van der Waals surface area (Å²) in [6.45, 7) is 8.14. The number of carbonyl (C=O) groups is 1. The first-order valence-corrected chi connectivity index (χ1v) is 10.4. The van der Waals surface area contributed by atoms with Crippen LogP contribution in [0.2, 0.25) is 0 Å². The molecule has 1 unspecified atom stereocenters. The Morgan fingerprint density at radius 3 is 2.86 bits per heavy atom. The lowest BCUT2D eigenvalue weighted by Gasteiger charge is -2.12. The van der Waals surface area contributed by atoms with Gasteiger partial charge >= 0.3 is 0 Å². The minimum atomic E-state index is -0.378. The zero-order valence-electron chi connectivity index (χ0n) is 17.4. The number of rotatable bonds is 11. The number of guanidine groups is 1. The number of halogens is 1. The number of amides is 1. The monoisotopic (exact) mass is 408 g/mol. The van der Waals surface area contributed by atoms with E-state index in [9.17, 15) is 9.18 Å². The summed E-state index contributed by atoms with van der Waals surface area (Å²) in [7, 11) is 0. The summed E-state index contributed by atoms with van der Waals surface area (Å²) in [6.07, 6.45) is 3.29. The summed E-state index contributed by atoms with van der Waals surface area (Å²) in [5.74, 6) is 0.0235. The van der Waals surface area contributed by atoms with Gasteiger partial charge in [0.25, 0.3) is 5.91 Å². The molecule has 0 saturated carbocycles. The van der Waals surface area contributed by atoms with Crippen LogP contribution in [-0.2, 0) is 9.47 Å². The average molecular weight is 409 g/mol. The molecule has 0 radical (unpaired) electrons. The number of hydrogen-bond donors (Lipinski definition) is 3. The van der Waals surface area contributed by atoms with E-state index in [1.54, 1.807) is 19.1 Å². The fourth-order valence-electron chi connectivity index (χ4n) is 2.88. The lowest BCUT2D eigenvalue weighted by Crippen LogP contribution is -2.41. The molecule has 8 heteroatoms. The van der Waals surface area contributed by atoms with Gasteiger partial charge in [-0.15, -0.1) is 0 Å². The minimum absolute atomic E-state index is 0.254. The van der Waals surface area contributed by atoms with Crippen LogP contribution in [0.25, 0.3) is 0 Å². The normalized spacial score (nSPS) is 16.7. The van der Waals surface area contributed by atoms with Crippen molar-refractivity contribution in [2.75, 3.05) is 46.0 Å². The van der Waals surface area contributed by atoms with Crippen molar-refractivity contribution in [2.24, 2.45) is 4.99 Å². The fraction of sp³-hybridized carbons (Fsp3) is 0.619. The minimum Gasteiger partial charge on any atom is -0.379 e. The van der Waals surface area contributed by atoms with Crippen LogP contribution in [0.4, 0.5) is 4.39 Å². The van der Waals surface area contributed by atoms with Crippen molar-refractivity contribution in [2.45, 2.75) is 39.2 Å². The first-order valence-electron chi connectivity index (χ1n) is 10.4. The molecule has 1 atom stereocenters. The van der Waals surface area contributed by atoms with Crippen molar-refractivity contribution in [3.8, 4) is 0 Å². The van der Waals surface area contributed by atoms with Crippen LogP contribution in [0.5, 0.6) is 0 Å². The molecule has 29 heavy (non-hydrogen) atoms. The number of nitrogens with zero attached hydrogens (tertiary/aromatic N) is 1. The highest BCUT2D eigenvalue weighted by Gasteiger charge is 2.14. The van der Waals surface area contributed by atoms with Gasteiger partial charge in [-0.25, -0.2) is 4.39 Å². The highest BCUT2D eigenvalue weighted by Crippen LogP contribution is 2.12. The van der Waals surface area contributed by atoms with Gasteiger partial charge < -0.3 is 25.4 Å². The Morgan fingerprint density at radius 1 is 1.31 bits per heavy atom. The first-order chi connectivity index (χ1) is 14.1. The third-order valence-corrected chi connectivity index (χ3v) is 4.53. The lowest BCUT2D eigenvalue weighted by atomic mass is 10.1. The maximum Gasteiger partial charge on any atom is 0.251 e. The average Bonchev–Trinajstić information content (AvgIpc) is 3.23. The van der Waals surface area contributed by atoms with E-state index in [-0.39, 0.29) is 17.8 Å². The van der Waals surface area contributed by atoms with Crippen LogP contribution >= 0.6 is 0 Å². The molecule has 2 rings (SSSR count). The van der Waals surface area contributed by atoms with E-state index < -0.39 is 0 Å². The van der Waals surface area contributed by atoms with Gasteiger partial charge in [-0.1, -0.05) is 6.07 Å². The molecule has 0 bridgehead atoms. The van der Waals surface area contributed by atoms with E-state index in [0.717, 1.165) is 32.4 Å². The van der Waals surface area contributed by atoms with Gasteiger partial charge in [0.2, 0.25) is 0 Å². The second-order valence-corrected chi connectivity index (χ2v) is 6.97. The number of nitrogens with one attached hydrogen (secondary N) is 3. The molecule has 162 valence electrons. The Kier molecular flexibility index (Phi) is 10.4. The molecule has 1 amide bonds. The van der Waals surface area contributed by atoms with Crippen LogP contribution in [0.3, 0.4) is 0 Å². The third-order valence-electron chi connectivity index (χ3n) is 4.53. The van der Waals surface area contributed by atoms with E-state index in [4.69, 9.17) is 9.47 Å². The molecule has 1 fully saturated rings. The molecule has 1 aromatic rings. The summed E-state index contributed by atoms with van der Waals surface area (Å²) >= 11 is 0. The predicted molar refractivity (Wildman–Crippen MR) is 112 cm³/mol. The second-order valence-electron chi connectivity index (χ2n) is 6.97. The smallest absolute Gasteiger partial charge is 0.251 e. The van der Waals surface area contributed by atoms with Crippen LogP contribution in [0.1, 0.15) is 42.1 Å². The summed E-state index contributed by atoms with van der Waals surface area (Å²) in [5, 5.41) is 9.11. The summed E-state index contributed by atoms with van der Waals surface area (Å²) in [5.41, 5.74) is 0.837. The maximum atomic E-state index is 13.6. The molecule has 1 aromatic carbocycles. The van der Waals surface area contributed by atoms with Crippen molar-refractivity contribution in [1.29, 1.82) is 0 Å². The molecular weight excluding hydrogens is 375 g/mol. The quantitative estimate of drug-likeness (QED) is 0.296.